The summed E-state index contributed by atoms with van der Waals surface area (Å²) in [6, 6.07) is 0. The molecule has 68 valence electrons. The Kier molecular flexibility index (Phi) is 5.72. The molecule has 0 N–H and O–H groups in total. The third-order valence-electron chi connectivity index (χ3n) is 1.70. The summed E-state index contributed by atoms with van der Waals surface area (Å²) in [4.78, 5) is 4.22. The highest BCUT2D eigenvalue weighted by molar-refractivity contribution is 8.93. The number of hydrogen-bond donors (Lipinski definition) is 0. The molecular weight excluding hydrogens is 216 g/mol. The van der Waals surface area contributed by atoms with Crippen LogP contribution in [0.2, 0.25) is 0 Å². The smallest absolute Gasteiger partial charge is 0.112 e. The van der Waals surface area contributed by atoms with Crippen LogP contribution in [0.25, 0.3) is 6.20 Å². The van der Waals surface area contributed by atoms with Crippen molar-refractivity contribution < 1.29 is 0 Å². The van der Waals surface area contributed by atoms with E-state index in [0.717, 1.165) is 12.2 Å². The van der Waals surface area contributed by atoms with Gasteiger partial charge in [0.1, 0.15) is 5.82 Å². The van der Waals surface area contributed by atoms with Gasteiger partial charge in [0.05, 0.1) is 0 Å². The van der Waals surface area contributed by atoms with Gasteiger partial charge in [0.15, 0.2) is 0 Å². The molecule has 0 atom stereocenters. The Hall–Kier alpha value is -0.570. The van der Waals surface area contributed by atoms with Crippen LogP contribution in [-0.4, -0.2) is 9.55 Å². The maximum atomic E-state index is 4.22. The molecule has 1 aromatic rings. The number of aromatic nitrogens is 2. The van der Waals surface area contributed by atoms with Crippen molar-refractivity contribution >= 4 is 23.2 Å². The summed E-state index contributed by atoms with van der Waals surface area (Å²) in [6.07, 6.45) is 8.99. The maximum absolute atomic E-state index is 4.22. The fraction of sp³-hybridized carbons (Fsp3) is 0.444. The minimum absolute atomic E-state index is 0. The van der Waals surface area contributed by atoms with Crippen LogP contribution in [-0.2, 0) is 6.42 Å². The second kappa shape index (κ2) is 6.00. The highest BCUT2D eigenvalue weighted by atomic mass is 79.9. The molecule has 1 aromatic heterocycles. The predicted octanol–water partition coefficient (Wildman–Crippen LogP) is 2.90. The summed E-state index contributed by atoms with van der Waals surface area (Å²) in [6.45, 7) is 5.88. The molecule has 0 fully saturated rings. The standard InChI is InChI=1S/C9H14N2.BrH/c1-3-5-6-9-10-7-8-11(9)4-2;/h4,7-8H,2-3,5-6H2,1H3;1H. The molecule has 0 aliphatic rings. The quantitative estimate of drug-likeness (QED) is 0.779. The molecular formula is C9H15BrN2. The van der Waals surface area contributed by atoms with Gasteiger partial charge in [-0.1, -0.05) is 19.9 Å². The SMILES string of the molecule is Br.C=Cn1ccnc1CCCC. The molecule has 1 rings (SSSR count). The minimum atomic E-state index is 0. The molecule has 0 radical (unpaired) electrons. The molecule has 0 bridgehead atoms. The zero-order chi connectivity index (χ0) is 8.10. The van der Waals surface area contributed by atoms with Gasteiger partial charge in [-0.2, -0.15) is 0 Å². The Morgan fingerprint density at radius 1 is 1.67 bits per heavy atom. The lowest BCUT2D eigenvalue weighted by atomic mass is 10.2. The summed E-state index contributed by atoms with van der Waals surface area (Å²) in [5, 5.41) is 0. The van der Waals surface area contributed by atoms with Crippen LogP contribution in [0.4, 0.5) is 0 Å². The Bertz CT molecular complexity index is 230. The van der Waals surface area contributed by atoms with Crippen LogP contribution in [0.1, 0.15) is 25.6 Å². The molecule has 0 aromatic carbocycles. The van der Waals surface area contributed by atoms with Gasteiger partial charge in [0.2, 0.25) is 0 Å². The summed E-state index contributed by atoms with van der Waals surface area (Å²) in [5.41, 5.74) is 0. The summed E-state index contributed by atoms with van der Waals surface area (Å²) < 4.78 is 1.97. The fourth-order valence-corrected chi connectivity index (χ4v) is 1.04. The van der Waals surface area contributed by atoms with Crippen molar-refractivity contribution in [2.75, 3.05) is 0 Å². The molecule has 0 aliphatic heterocycles. The van der Waals surface area contributed by atoms with Gasteiger partial charge in [0, 0.05) is 25.0 Å². The van der Waals surface area contributed by atoms with E-state index in [0.29, 0.717) is 0 Å². The van der Waals surface area contributed by atoms with Gasteiger partial charge in [-0.05, 0) is 6.42 Å². The second-order valence-electron chi connectivity index (χ2n) is 2.54. The molecule has 0 amide bonds. The first kappa shape index (κ1) is 11.4. The van der Waals surface area contributed by atoms with Crippen molar-refractivity contribution in [3.05, 3.63) is 24.8 Å². The average Bonchev–Trinajstić information content (AvgIpc) is 2.47. The molecule has 0 saturated heterocycles. The van der Waals surface area contributed by atoms with E-state index in [1.165, 1.54) is 12.8 Å². The molecule has 0 unspecified atom stereocenters. The van der Waals surface area contributed by atoms with Crippen LogP contribution in [0.3, 0.4) is 0 Å². The second-order valence-corrected chi connectivity index (χ2v) is 2.54. The topological polar surface area (TPSA) is 17.8 Å². The summed E-state index contributed by atoms with van der Waals surface area (Å²) in [7, 11) is 0. The molecule has 2 nitrogen and oxygen atoms in total. The number of hydrogen-bond acceptors (Lipinski definition) is 1. The van der Waals surface area contributed by atoms with Crippen molar-refractivity contribution in [1.29, 1.82) is 0 Å². The van der Waals surface area contributed by atoms with Crippen LogP contribution in [0, 0.1) is 0 Å². The number of nitrogens with zero attached hydrogens (tertiary/aromatic N) is 2. The van der Waals surface area contributed by atoms with Crippen LogP contribution >= 0.6 is 17.0 Å². The minimum Gasteiger partial charge on any atom is -0.311 e. The van der Waals surface area contributed by atoms with Crippen LogP contribution in [0.15, 0.2) is 19.0 Å². The van der Waals surface area contributed by atoms with Crippen molar-refractivity contribution in [3.8, 4) is 0 Å². The van der Waals surface area contributed by atoms with E-state index >= 15 is 0 Å². The Morgan fingerprint density at radius 2 is 2.42 bits per heavy atom. The predicted molar refractivity (Wildman–Crippen MR) is 57.5 cm³/mol. The normalized spacial score (nSPS) is 9.08. The molecule has 0 saturated carbocycles. The van der Waals surface area contributed by atoms with Gasteiger partial charge < -0.3 is 4.57 Å². The van der Waals surface area contributed by atoms with Crippen LogP contribution in [0.5, 0.6) is 0 Å². The molecule has 3 heteroatoms. The lowest BCUT2D eigenvalue weighted by Crippen LogP contribution is -1.94. The molecule has 1 heterocycles. The molecule has 12 heavy (non-hydrogen) atoms. The summed E-state index contributed by atoms with van der Waals surface area (Å²) in [5.74, 6) is 1.11. The zero-order valence-electron chi connectivity index (χ0n) is 7.36. The van der Waals surface area contributed by atoms with Crippen molar-refractivity contribution in [2.24, 2.45) is 0 Å². The highest BCUT2D eigenvalue weighted by Gasteiger charge is 1.97. The number of aryl methyl sites for hydroxylation is 1. The monoisotopic (exact) mass is 230 g/mol. The highest BCUT2D eigenvalue weighted by Crippen LogP contribution is 2.02. The Labute approximate surface area is 84.1 Å². The first-order valence-electron chi connectivity index (χ1n) is 4.02. The number of imidazole rings is 1. The van der Waals surface area contributed by atoms with Crippen molar-refractivity contribution in [3.63, 3.8) is 0 Å². The summed E-state index contributed by atoms with van der Waals surface area (Å²) >= 11 is 0. The number of unbranched alkanes of at least 4 members (excludes halogenated alkanes) is 1. The lowest BCUT2D eigenvalue weighted by Gasteiger charge is -1.99. The Balaban J connectivity index is 0.00000121. The van der Waals surface area contributed by atoms with Gasteiger partial charge in [-0.3, -0.25) is 0 Å². The first-order chi connectivity index (χ1) is 5.38. The van der Waals surface area contributed by atoms with E-state index in [1.807, 2.05) is 17.0 Å². The van der Waals surface area contributed by atoms with Crippen molar-refractivity contribution in [1.82, 2.24) is 9.55 Å². The van der Waals surface area contributed by atoms with E-state index in [-0.39, 0.29) is 17.0 Å². The molecule has 0 spiro atoms. The zero-order valence-corrected chi connectivity index (χ0v) is 9.08. The molecule has 0 aliphatic carbocycles. The van der Waals surface area contributed by atoms with E-state index in [4.69, 9.17) is 0 Å². The van der Waals surface area contributed by atoms with Gasteiger partial charge in [-0.25, -0.2) is 4.98 Å². The van der Waals surface area contributed by atoms with Crippen LogP contribution < -0.4 is 0 Å². The van der Waals surface area contributed by atoms with Gasteiger partial charge in [-0.15, -0.1) is 17.0 Å². The third-order valence-corrected chi connectivity index (χ3v) is 1.70. The number of rotatable bonds is 4. The third kappa shape index (κ3) is 2.81. The Morgan fingerprint density at radius 3 is 3.00 bits per heavy atom. The average molecular weight is 231 g/mol. The lowest BCUT2D eigenvalue weighted by molar-refractivity contribution is 0.747. The van der Waals surface area contributed by atoms with E-state index in [2.05, 4.69) is 18.5 Å². The fourth-order valence-electron chi connectivity index (χ4n) is 1.04. The maximum Gasteiger partial charge on any atom is 0.112 e. The van der Waals surface area contributed by atoms with E-state index in [9.17, 15) is 0 Å². The van der Waals surface area contributed by atoms with E-state index < -0.39 is 0 Å². The van der Waals surface area contributed by atoms with E-state index in [1.54, 1.807) is 6.20 Å². The van der Waals surface area contributed by atoms with Crippen molar-refractivity contribution in [2.45, 2.75) is 26.2 Å². The van der Waals surface area contributed by atoms with Gasteiger partial charge >= 0.3 is 0 Å². The largest absolute Gasteiger partial charge is 0.311 e. The van der Waals surface area contributed by atoms with Gasteiger partial charge in [0.25, 0.3) is 0 Å². The first-order valence-corrected chi connectivity index (χ1v) is 4.02. The number of halogens is 1.